The van der Waals surface area contributed by atoms with E-state index in [2.05, 4.69) is 13.8 Å². The summed E-state index contributed by atoms with van der Waals surface area (Å²) in [5.41, 5.74) is 0.606. The van der Waals surface area contributed by atoms with Crippen LogP contribution in [0, 0.1) is 0 Å². The molecule has 0 bridgehead atoms. The van der Waals surface area contributed by atoms with E-state index in [0.717, 1.165) is 6.42 Å². The van der Waals surface area contributed by atoms with Gasteiger partial charge in [-0.25, -0.2) is 4.79 Å². The smallest absolute Gasteiger partial charge is 0.338 e. The summed E-state index contributed by atoms with van der Waals surface area (Å²) < 4.78 is 10.5. The Balaban J connectivity index is 2.35. The Kier molecular flexibility index (Phi) is 5.38. The van der Waals surface area contributed by atoms with Crippen molar-refractivity contribution in [2.24, 2.45) is 0 Å². The van der Waals surface area contributed by atoms with E-state index in [-0.39, 0.29) is 11.0 Å². The van der Waals surface area contributed by atoms with Gasteiger partial charge < -0.3 is 9.16 Å². The number of esters is 1. The molecule has 0 saturated heterocycles. The lowest BCUT2D eigenvalue weighted by Gasteiger charge is -2.22. The Bertz CT molecular complexity index is 349. The van der Waals surface area contributed by atoms with Crippen molar-refractivity contribution >= 4 is 15.7 Å². The molecule has 3 nitrogen and oxygen atoms in total. The molecule has 0 fully saturated rings. The van der Waals surface area contributed by atoms with Gasteiger partial charge in [0.2, 0.25) is 0 Å². The molecular weight excluding hydrogens is 232 g/mol. The first-order valence-electron chi connectivity index (χ1n) is 5.76. The zero-order valence-corrected chi connectivity index (χ0v) is 12.1. The highest BCUT2D eigenvalue weighted by atomic mass is 28.2. The van der Waals surface area contributed by atoms with Gasteiger partial charge in [0.15, 0.2) is 9.76 Å². The van der Waals surface area contributed by atoms with Crippen LogP contribution in [0.4, 0.5) is 0 Å². The van der Waals surface area contributed by atoms with Crippen molar-refractivity contribution in [2.75, 3.05) is 13.7 Å². The van der Waals surface area contributed by atoms with Crippen LogP contribution in [0.1, 0.15) is 30.6 Å². The number of carbonyl (C=O) groups excluding carboxylic acids is 1. The molecule has 17 heavy (non-hydrogen) atoms. The first kappa shape index (κ1) is 13.9. The zero-order valence-electron chi connectivity index (χ0n) is 10.7. The molecule has 0 aliphatic heterocycles. The van der Waals surface area contributed by atoms with E-state index in [9.17, 15) is 4.79 Å². The predicted molar refractivity (Wildman–Crippen MR) is 70.9 cm³/mol. The van der Waals surface area contributed by atoms with Crippen LogP contribution in [0.3, 0.4) is 0 Å². The third-order valence-electron chi connectivity index (χ3n) is 2.56. The van der Waals surface area contributed by atoms with E-state index in [4.69, 9.17) is 9.16 Å². The van der Waals surface area contributed by atoms with Crippen LogP contribution in [0.2, 0.25) is 5.04 Å². The van der Waals surface area contributed by atoms with Crippen molar-refractivity contribution in [2.45, 2.75) is 25.3 Å². The van der Waals surface area contributed by atoms with Gasteiger partial charge in [-0.15, -0.1) is 0 Å². The summed E-state index contributed by atoms with van der Waals surface area (Å²) in [7, 11) is 1.19. The summed E-state index contributed by atoms with van der Waals surface area (Å²) in [6, 6.07) is 9.07. The summed E-state index contributed by atoms with van der Waals surface area (Å²) in [5.74, 6) is -0.250. The third-order valence-corrected chi connectivity index (χ3v) is 3.98. The topological polar surface area (TPSA) is 35.5 Å². The molecular formula is C13H20O3Si. The first-order valence-corrected chi connectivity index (χ1v) is 7.05. The third kappa shape index (κ3) is 5.15. The SMILES string of the molecule is CO[SiH2]C(C)(C)CCOC(=O)c1ccccc1. The minimum atomic E-state index is -0.549. The van der Waals surface area contributed by atoms with Crippen LogP contribution in [0.5, 0.6) is 0 Å². The molecule has 0 aliphatic rings. The van der Waals surface area contributed by atoms with Crippen LogP contribution in [-0.2, 0) is 9.16 Å². The Hall–Kier alpha value is -1.13. The number of carbonyl (C=O) groups is 1. The maximum absolute atomic E-state index is 11.6. The fraction of sp³-hybridized carbons (Fsp3) is 0.462. The zero-order chi connectivity index (χ0) is 12.7. The van der Waals surface area contributed by atoms with Crippen molar-refractivity contribution < 1.29 is 14.0 Å². The Labute approximate surface area is 105 Å². The van der Waals surface area contributed by atoms with Crippen molar-refractivity contribution in [1.82, 2.24) is 0 Å². The molecule has 0 spiro atoms. The molecule has 4 heteroatoms. The second-order valence-electron chi connectivity index (χ2n) is 4.85. The number of benzene rings is 1. The number of hydrogen-bond donors (Lipinski definition) is 0. The van der Waals surface area contributed by atoms with E-state index >= 15 is 0 Å². The molecule has 94 valence electrons. The standard InChI is InChI=1S/C13H20O3Si/c1-13(2,17-15-3)9-10-16-12(14)11-7-5-4-6-8-11/h4-8H,9-10,17H2,1-3H3. The minimum absolute atomic E-state index is 0.172. The molecule has 0 N–H and O–H groups in total. The summed E-state index contributed by atoms with van der Waals surface area (Å²) in [6.45, 7) is 4.76. The van der Waals surface area contributed by atoms with Crippen molar-refractivity contribution in [3.8, 4) is 0 Å². The highest BCUT2D eigenvalue weighted by Gasteiger charge is 2.19. The van der Waals surface area contributed by atoms with E-state index in [0.29, 0.717) is 12.2 Å². The molecule has 0 heterocycles. The fourth-order valence-electron chi connectivity index (χ4n) is 1.54. The van der Waals surface area contributed by atoms with Gasteiger partial charge in [0.05, 0.1) is 12.2 Å². The predicted octanol–water partition coefficient (Wildman–Crippen LogP) is 2.16. The highest BCUT2D eigenvalue weighted by Crippen LogP contribution is 2.27. The average Bonchev–Trinajstić information content (AvgIpc) is 2.29. The maximum Gasteiger partial charge on any atom is 0.338 e. The van der Waals surface area contributed by atoms with Gasteiger partial charge in [0.25, 0.3) is 0 Å². The maximum atomic E-state index is 11.6. The molecule has 0 unspecified atom stereocenters. The fourth-order valence-corrected chi connectivity index (χ4v) is 2.61. The molecule has 0 aliphatic carbocycles. The van der Waals surface area contributed by atoms with Gasteiger partial charge in [-0.2, -0.15) is 0 Å². The van der Waals surface area contributed by atoms with Crippen LogP contribution in [-0.4, -0.2) is 29.4 Å². The van der Waals surface area contributed by atoms with Crippen molar-refractivity contribution in [1.29, 1.82) is 0 Å². The Morgan fingerprint density at radius 2 is 1.94 bits per heavy atom. The normalized spacial score (nSPS) is 11.9. The average molecular weight is 252 g/mol. The van der Waals surface area contributed by atoms with Crippen LogP contribution < -0.4 is 0 Å². The molecule has 1 aromatic rings. The first-order chi connectivity index (χ1) is 8.05. The van der Waals surface area contributed by atoms with Gasteiger partial charge in [0, 0.05) is 7.11 Å². The number of rotatable bonds is 6. The summed E-state index contributed by atoms with van der Waals surface area (Å²) in [5, 5.41) is 0.172. The largest absolute Gasteiger partial charge is 0.462 e. The van der Waals surface area contributed by atoms with Crippen LogP contribution in [0.25, 0.3) is 0 Å². The second kappa shape index (κ2) is 6.57. The number of ether oxygens (including phenoxy) is 1. The minimum Gasteiger partial charge on any atom is -0.462 e. The molecule has 1 rings (SSSR count). The molecule has 0 aromatic heterocycles. The Morgan fingerprint density at radius 1 is 1.29 bits per heavy atom. The van der Waals surface area contributed by atoms with Gasteiger partial charge in [-0.1, -0.05) is 32.0 Å². The molecule has 1 aromatic carbocycles. The van der Waals surface area contributed by atoms with Crippen LogP contribution in [0.15, 0.2) is 30.3 Å². The van der Waals surface area contributed by atoms with E-state index in [1.54, 1.807) is 19.2 Å². The number of hydrogen-bond acceptors (Lipinski definition) is 3. The highest BCUT2D eigenvalue weighted by molar-refractivity contribution is 6.31. The summed E-state index contributed by atoms with van der Waals surface area (Å²) in [4.78, 5) is 11.6. The van der Waals surface area contributed by atoms with E-state index in [1.165, 1.54) is 0 Å². The Morgan fingerprint density at radius 3 is 2.53 bits per heavy atom. The summed E-state index contributed by atoms with van der Waals surface area (Å²) in [6.07, 6.45) is 0.853. The molecule has 0 saturated carbocycles. The second-order valence-corrected chi connectivity index (χ2v) is 7.63. The van der Waals surface area contributed by atoms with E-state index < -0.39 is 9.76 Å². The van der Waals surface area contributed by atoms with Gasteiger partial charge >= 0.3 is 5.97 Å². The lowest BCUT2D eigenvalue weighted by molar-refractivity contribution is 0.0489. The van der Waals surface area contributed by atoms with Gasteiger partial charge in [-0.05, 0) is 23.6 Å². The molecule has 0 amide bonds. The summed E-state index contributed by atoms with van der Waals surface area (Å²) >= 11 is 0. The molecule has 0 atom stereocenters. The van der Waals surface area contributed by atoms with Crippen molar-refractivity contribution in [3.63, 3.8) is 0 Å². The molecule has 0 radical (unpaired) electrons. The van der Waals surface area contributed by atoms with Gasteiger partial charge in [0.1, 0.15) is 0 Å². The monoisotopic (exact) mass is 252 g/mol. The lowest BCUT2D eigenvalue weighted by atomic mass is 10.1. The lowest BCUT2D eigenvalue weighted by Crippen LogP contribution is -2.18. The quantitative estimate of drug-likeness (QED) is 0.575. The van der Waals surface area contributed by atoms with Crippen LogP contribution >= 0.6 is 0 Å². The van der Waals surface area contributed by atoms with Gasteiger partial charge in [-0.3, -0.25) is 0 Å². The van der Waals surface area contributed by atoms with E-state index in [1.807, 2.05) is 18.2 Å². The van der Waals surface area contributed by atoms with Crippen molar-refractivity contribution in [3.05, 3.63) is 35.9 Å².